The number of aromatic nitrogens is 1. The number of amides is 2. The number of carboxylic acid groups (broad SMARTS) is 1. The summed E-state index contributed by atoms with van der Waals surface area (Å²) >= 11 is 5.31. The van der Waals surface area contributed by atoms with Crippen LogP contribution in [0.25, 0.3) is 11.8 Å². The summed E-state index contributed by atoms with van der Waals surface area (Å²) in [6.45, 7) is 3.73. The Kier molecular flexibility index (Phi) is 6.63. The normalized spacial score (nSPS) is 14.7. The molecule has 0 spiro atoms. The van der Waals surface area contributed by atoms with Crippen LogP contribution in [0.1, 0.15) is 27.3 Å². The predicted molar refractivity (Wildman–Crippen MR) is 138 cm³/mol. The van der Waals surface area contributed by atoms with Crippen molar-refractivity contribution in [1.29, 1.82) is 0 Å². The molecule has 1 fully saturated rings. The second-order valence-electron chi connectivity index (χ2n) is 8.01. The van der Waals surface area contributed by atoms with Crippen molar-refractivity contribution in [2.75, 3.05) is 19.1 Å². The van der Waals surface area contributed by atoms with Crippen LogP contribution in [0.15, 0.2) is 54.1 Å². The lowest BCUT2D eigenvalue weighted by molar-refractivity contribution is -0.122. The lowest BCUT2D eigenvalue weighted by Crippen LogP contribution is -2.54. The van der Waals surface area contributed by atoms with Crippen LogP contribution in [-0.4, -0.2) is 46.8 Å². The van der Waals surface area contributed by atoms with E-state index in [-0.39, 0.29) is 16.2 Å². The maximum Gasteiger partial charge on any atom is 0.335 e. The highest BCUT2D eigenvalue weighted by atomic mass is 32.1. The van der Waals surface area contributed by atoms with Gasteiger partial charge in [-0.2, -0.15) is 0 Å². The lowest BCUT2D eigenvalue weighted by atomic mass is 10.1. The quantitative estimate of drug-likeness (QED) is 0.299. The van der Waals surface area contributed by atoms with Crippen LogP contribution < -0.4 is 19.7 Å². The molecule has 4 rings (SSSR count). The summed E-state index contributed by atoms with van der Waals surface area (Å²) in [4.78, 5) is 38.7. The minimum atomic E-state index is -1.01. The van der Waals surface area contributed by atoms with Gasteiger partial charge in [-0.25, -0.2) is 9.69 Å². The molecule has 2 heterocycles. The fourth-order valence-electron chi connectivity index (χ4n) is 4.09. The SMILES string of the molecule is COc1ccc(N2C(=O)/C(=C/c3cc(C)n(-c4ccc(C(=O)O)cc4)c3C)C(=O)NC2=S)c(OC)c1. The number of hydrogen-bond donors (Lipinski definition) is 2. The third-order valence-corrected chi connectivity index (χ3v) is 6.16. The van der Waals surface area contributed by atoms with E-state index in [1.165, 1.54) is 37.3 Å². The van der Waals surface area contributed by atoms with Crippen molar-refractivity contribution in [2.45, 2.75) is 13.8 Å². The first-order chi connectivity index (χ1) is 17.2. The number of ether oxygens (including phenoxy) is 2. The second-order valence-corrected chi connectivity index (χ2v) is 8.40. The van der Waals surface area contributed by atoms with Crippen LogP contribution in [0.5, 0.6) is 11.5 Å². The predicted octanol–water partition coefficient (Wildman–Crippen LogP) is 3.64. The molecule has 1 aliphatic heterocycles. The minimum absolute atomic E-state index is 0.0605. The first kappa shape index (κ1) is 24.7. The number of methoxy groups -OCH3 is 2. The van der Waals surface area contributed by atoms with Gasteiger partial charge in [0.2, 0.25) is 0 Å². The molecule has 36 heavy (non-hydrogen) atoms. The molecule has 2 amide bonds. The van der Waals surface area contributed by atoms with Gasteiger partial charge in [0.05, 0.1) is 25.5 Å². The summed E-state index contributed by atoms with van der Waals surface area (Å²) in [5.41, 5.74) is 3.47. The average molecular weight is 506 g/mol. The molecule has 3 aromatic rings. The number of carboxylic acids is 1. The van der Waals surface area contributed by atoms with Crippen LogP contribution in [-0.2, 0) is 9.59 Å². The van der Waals surface area contributed by atoms with E-state index in [1.807, 2.05) is 24.5 Å². The third kappa shape index (κ3) is 4.34. The van der Waals surface area contributed by atoms with Gasteiger partial charge >= 0.3 is 5.97 Å². The summed E-state index contributed by atoms with van der Waals surface area (Å²) in [5.74, 6) is -1.32. The number of carbonyl (C=O) groups is 3. The molecule has 0 atom stereocenters. The van der Waals surface area contributed by atoms with Gasteiger partial charge in [-0.1, -0.05) is 0 Å². The molecular formula is C26H23N3O6S. The van der Waals surface area contributed by atoms with E-state index in [1.54, 1.807) is 30.3 Å². The molecule has 1 saturated heterocycles. The third-order valence-electron chi connectivity index (χ3n) is 5.87. The van der Waals surface area contributed by atoms with Crippen molar-refractivity contribution in [1.82, 2.24) is 9.88 Å². The summed E-state index contributed by atoms with van der Waals surface area (Å²) in [6.07, 6.45) is 1.52. The van der Waals surface area contributed by atoms with Crippen LogP contribution in [0, 0.1) is 13.8 Å². The van der Waals surface area contributed by atoms with Gasteiger partial charge in [-0.15, -0.1) is 0 Å². The number of benzene rings is 2. The fourth-order valence-corrected chi connectivity index (χ4v) is 4.36. The molecule has 1 aromatic heterocycles. The topological polar surface area (TPSA) is 110 Å². The van der Waals surface area contributed by atoms with Crippen LogP contribution in [0.4, 0.5) is 5.69 Å². The molecule has 184 valence electrons. The number of nitrogens with one attached hydrogen (secondary N) is 1. The van der Waals surface area contributed by atoms with Crippen molar-refractivity contribution < 1.29 is 29.0 Å². The number of carbonyl (C=O) groups excluding carboxylic acids is 2. The average Bonchev–Trinajstić information content (AvgIpc) is 3.14. The Morgan fingerprint density at radius 1 is 1.03 bits per heavy atom. The van der Waals surface area contributed by atoms with Crippen LogP contribution in [0.2, 0.25) is 0 Å². The maximum absolute atomic E-state index is 13.5. The van der Waals surface area contributed by atoms with E-state index >= 15 is 0 Å². The molecule has 0 bridgehead atoms. The monoisotopic (exact) mass is 505 g/mol. The maximum atomic E-state index is 13.5. The van der Waals surface area contributed by atoms with Crippen molar-refractivity contribution in [3.63, 3.8) is 0 Å². The number of hydrogen-bond acceptors (Lipinski definition) is 6. The molecule has 1 aliphatic rings. The molecular weight excluding hydrogens is 482 g/mol. The van der Waals surface area contributed by atoms with Crippen LogP contribution >= 0.6 is 12.2 Å². The van der Waals surface area contributed by atoms with E-state index in [9.17, 15) is 14.4 Å². The van der Waals surface area contributed by atoms with E-state index in [4.69, 9.17) is 26.8 Å². The molecule has 0 unspecified atom stereocenters. The highest BCUT2D eigenvalue weighted by Crippen LogP contribution is 2.34. The Bertz CT molecular complexity index is 1440. The van der Waals surface area contributed by atoms with Gasteiger partial charge < -0.3 is 19.1 Å². The van der Waals surface area contributed by atoms with Gasteiger partial charge in [0.1, 0.15) is 17.1 Å². The summed E-state index contributed by atoms with van der Waals surface area (Å²) < 4.78 is 12.6. The summed E-state index contributed by atoms with van der Waals surface area (Å²) in [5, 5.41) is 11.7. The molecule has 2 aromatic carbocycles. The molecule has 0 saturated carbocycles. The zero-order valence-electron chi connectivity index (χ0n) is 20.0. The lowest BCUT2D eigenvalue weighted by Gasteiger charge is -2.30. The van der Waals surface area contributed by atoms with Crippen molar-refractivity contribution in [3.05, 3.63) is 76.6 Å². The van der Waals surface area contributed by atoms with Crippen LogP contribution in [0.3, 0.4) is 0 Å². The van der Waals surface area contributed by atoms with Gasteiger partial charge in [-0.3, -0.25) is 14.9 Å². The molecule has 0 radical (unpaired) electrons. The number of rotatable bonds is 6. The fraction of sp³-hybridized carbons (Fsp3) is 0.154. The molecule has 0 aliphatic carbocycles. The Labute approximate surface area is 212 Å². The Morgan fingerprint density at radius 2 is 1.72 bits per heavy atom. The van der Waals surface area contributed by atoms with Gasteiger partial charge in [0.25, 0.3) is 11.8 Å². The smallest absolute Gasteiger partial charge is 0.335 e. The zero-order valence-corrected chi connectivity index (χ0v) is 20.8. The second kappa shape index (κ2) is 9.67. The zero-order chi connectivity index (χ0) is 26.1. The number of thiocarbonyl (C=S) groups is 1. The van der Waals surface area contributed by atoms with Crippen molar-refractivity contribution in [2.24, 2.45) is 0 Å². The molecule has 9 nitrogen and oxygen atoms in total. The number of anilines is 1. The molecule has 2 N–H and O–H groups in total. The number of nitrogens with zero attached hydrogens (tertiary/aromatic N) is 2. The highest BCUT2D eigenvalue weighted by molar-refractivity contribution is 7.80. The van der Waals surface area contributed by atoms with E-state index in [2.05, 4.69) is 5.32 Å². The first-order valence-electron chi connectivity index (χ1n) is 10.8. The van der Waals surface area contributed by atoms with Crippen molar-refractivity contribution in [3.8, 4) is 17.2 Å². The Morgan fingerprint density at radius 3 is 2.33 bits per heavy atom. The van der Waals surface area contributed by atoms with Gasteiger partial charge in [0, 0.05) is 23.1 Å². The summed E-state index contributed by atoms with van der Waals surface area (Å²) in [6, 6.07) is 13.2. The van der Waals surface area contributed by atoms with E-state index in [0.29, 0.717) is 22.7 Å². The largest absolute Gasteiger partial charge is 0.497 e. The Hall–Kier alpha value is -4.44. The van der Waals surface area contributed by atoms with Gasteiger partial charge in [-0.05, 0) is 80.2 Å². The van der Waals surface area contributed by atoms with Gasteiger partial charge in [0.15, 0.2) is 5.11 Å². The van der Waals surface area contributed by atoms with Crippen molar-refractivity contribution >= 4 is 46.9 Å². The number of aryl methyl sites for hydroxylation is 1. The molecule has 10 heteroatoms. The van der Waals surface area contributed by atoms with E-state index < -0.39 is 17.8 Å². The highest BCUT2D eigenvalue weighted by Gasteiger charge is 2.36. The van der Waals surface area contributed by atoms with E-state index in [0.717, 1.165) is 17.1 Å². The summed E-state index contributed by atoms with van der Waals surface area (Å²) in [7, 11) is 2.98. The standard InChI is InChI=1S/C26H23N3O6S/c1-14-11-17(15(2)28(14)18-7-5-16(6-8-18)25(32)33)12-20-23(30)27-26(36)29(24(20)31)21-10-9-19(34-3)13-22(21)35-4/h5-13H,1-4H3,(H,32,33)(H,27,30,36)/b20-12+. The first-order valence-corrected chi connectivity index (χ1v) is 11.2. The minimum Gasteiger partial charge on any atom is -0.497 e. The Balaban J connectivity index is 1.75. The number of aromatic carboxylic acids is 1.